The number of halogens is 2. The molecule has 0 bridgehead atoms. The molecule has 1 aromatic rings. The molecule has 1 aliphatic carbocycles. The third kappa shape index (κ3) is 3.98. The fraction of sp³-hybridized carbons (Fsp3) is 0.550. The predicted molar refractivity (Wildman–Crippen MR) is 103 cm³/mol. The molecular weight excluding hydrogens is 357 g/mol. The van der Waals surface area contributed by atoms with Crippen molar-refractivity contribution in [2.75, 3.05) is 13.7 Å². The number of benzene rings is 1. The maximum Gasteiger partial charge on any atom is 0.226 e. The van der Waals surface area contributed by atoms with E-state index in [1.165, 1.54) is 5.57 Å². The molecule has 1 unspecified atom stereocenters. The van der Waals surface area contributed by atoms with Crippen LogP contribution in [0.4, 0.5) is 0 Å². The topological polar surface area (TPSA) is 29.5 Å². The number of hydrogen-bond donors (Lipinski definition) is 0. The van der Waals surface area contributed by atoms with Crippen molar-refractivity contribution < 1.29 is 9.53 Å². The second-order valence-electron chi connectivity index (χ2n) is 6.97. The summed E-state index contributed by atoms with van der Waals surface area (Å²) in [4.78, 5) is 15.0. The van der Waals surface area contributed by atoms with Crippen LogP contribution in [0.25, 0.3) is 0 Å². The van der Waals surface area contributed by atoms with E-state index in [4.69, 9.17) is 27.9 Å². The van der Waals surface area contributed by atoms with Gasteiger partial charge in [-0.15, -0.1) is 0 Å². The molecule has 1 atom stereocenters. The van der Waals surface area contributed by atoms with Crippen LogP contribution in [0, 0.1) is 5.92 Å². The molecule has 3 rings (SSSR count). The summed E-state index contributed by atoms with van der Waals surface area (Å²) < 4.78 is 5.19. The lowest BCUT2D eigenvalue weighted by Crippen LogP contribution is -2.39. The lowest BCUT2D eigenvalue weighted by molar-refractivity contribution is -0.133. The van der Waals surface area contributed by atoms with Gasteiger partial charge >= 0.3 is 0 Å². The van der Waals surface area contributed by atoms with Crippen molar-refractivity contribution >= 4 is 29.1 Å². The number of carbonyl (C=O) groups is 1. The van der Waals surface area contributed by atoms with E-state index in [9.17, 15) is 4.79 Å². The van der Waals surface area contributed by atoms with E-state index >= 15 is 0 Å². The Balaban J connectivity index is 1.67. The van der Waals surface area contributed by atoms with Gasteiger partial charge in [0.2, 0.25) is 5.91 Å². The number of allylic oxidation sites excluding steroid dienone is 2. The lowest BCUT2D eigenvalue weighted by atomic mass is 9.89. The smallest absolute Gasteiger partial charge is 0.226 e. The summed E-state index contributed by atoms with van der Waals surface area (Å²) in [6.07, 6.45) is 8.11. The van der Waals surface area contributed by atoms with Crippen molar-refractivity contribution in [1.82, 2.24) is 4.90 Å². The second-order valence-corrected chi connectivity index (χ2v) is 7.78. The molecule has 1 saturated carbocycles. The lowest BCUT2D eigenvalue weighted by Gasteiger charge is -2.32. The zero-order chi connectivity index (χ0) is 18.0. The Morgan fingerprint density at radius 2 is 1.84 bits per heavy atom. The summed E-state index contributed by atoms with van der Waals surface area (Å²) in [6, 6.07) is 3.92. The van der Waals surface area contributed by atoms with Crippen LogP contribution in [0.1, 0.15) is 44.6 Å². The van der Waals surface area contributed by atoms with Crippen LogP contribution < -0.4 is 4.74 Å². The van der Waals surface area contributed by atoms with Crippen molar-refractivity contribution in [3.8, 4) is 5.75 Å². The largest absolute Gasteiger partial charge is 0.497 e. The maximum atomic E-state index is 12.9. The number of methoxy groups -OCH3 is 1. The molecule has 0 N–H and O–H groups in total. The van der Waals surface area contributed by atoms with Crippen molar-refractivity contribution in [3.05, 3.63) is 39.4 Å². The van der Waals surface area contributed by atoms with E-state index in [0.717, 1.165) is 44.2 Å². The van der Waals surface area contributed by atoms with Gasteiger partial charge < -0.3 is 9.64 Å². The predicted octanol–water partition coefficient (Wildman–Crippen LogP) is 5.28. The van der Waals surface area contributed by atoms with E-state index in [1.807, 2.05) is 0 Å². The Morgan fingerprint density at radius 1 is 1.20 bits per heavy atom. The fourth-order valence-electron chi connectivity index (χ4n) is 4.03. The molecular formula is C20H25Cl2NO2. The Hall–Kier alpha value is -1.19. The zero-order valence-electron chi connectivity index (χ0n) is 14.9. The monoisotopic (exact) mass is 381 g/mol. The second kappa shape index (κ2) is 8.01. The van der Waals surface area contributed by atoms with E-state index in [1.54, 1.807) is 19.2 Å². The summed E-state index contributed by atoms with van der Waals surface area (Å²) >= 11 is 12.7. The van der Waals surface area contributed by atoms with Crippen LogP contribution in [-0.4, -0.2) is 30.5 Å². The third-order valence-electron chi connectivity index (χ3n) is 5.60. The van der Waals surface area contributed by atoms with Crippen molar-refractivity contribution in [2.24, 2.45) is 5.92 Å². The summed E-state index contributed by atoms with van der Waals surface area (Å²) in [6.45, 7) is 2.96. The van der Waals surface area contributed by atoms with Crippen molar-refractivity contribution in [1.29, 1.82) is 0 Å². The van der Waals surface area contributed by atoms with Gasteiger partial charge in [-0.3, -0.25) is 4.79 Å². The van der Waals surface area contributed by atoms with Crippen molar-refractivity contribution in [2.45, 2.75) is 51.5 Å². The number of hydrogen-bond acceptors (Lipinski definition) is 2. The average molecular weight is 382 g/mol. The highest BCUT2D eigenvalue weighted by Crippen LogP contribution is 2.36. The number of rotatable bonds is 4. The molecule has 0 spiro atoms. The van der Waals surface area contributed by atoms with Gasteiger partial charge in [0.15, 0.2) is 0 Å². The Bertz CT molecular complexity index is 653. The third-order valence-corrected chi connectivity index (χ3v) is 6.27. The van der Waals surface area contributed by atoms with Crippen LogP contribution >= 0.6 is 23.2 Å². The molecule has 1 aliphatic heterocycles. The van der Waals surface area contributed by atoms with Crippen LogP contribution in [-0.2, 0) is 11.2 Å². The first-order valence-electron chi connectivity index (χ1n) is 9.00. The number of ether oxygens (including phenoxy) is 1. The number of nitrogens with zero attached hydrogens (tertiary/aromatic N) is 1. The molecule has 2 aliphatic rings. The van der Waals surface area contributed by atoms with Gasteiger partial charge in [-0.25, -0.2) is 0 Å². The van der Waals surface area contributed by atoms with E-state index in [0.29, 0.717) is 28.3 Å². The summed E-state index contributed by atoms with van der Waals surface area (Å²) in [7, 11) is 1.59. The summed E-state index contributed by atoms with van der Waals surface area (Å²) in [5.74, 6) is 0.878. The van der Waals surface area contributed by atoms with Gasteiger partial charge in [0.05, 0.1) is 7.11 Å². The van der Waals surface area contributed by atoms with E-state index < -0.39 is 0 Å². The van der Waals surface area contributed by atoms with Crippen molar-refractivity contribution in [3.63, 3.8) is 0 Å². The van der Waals surface area contributed by atoms with Gasteiger partial charge in [0.25, 0.3) is 0 Å². The molecule has 0 aromatic heterocycles. The Labute approximate surface area is 159 Å². The first kappa shape index (κ1) is 18.6. The highest BCUT2D eigenvalue weighted by atomic mass is 35.5. The van der Waals surface area contributed by atoms with Crippen LogP contribution in [0.3, 0.4) is 0 Å². The van der Waals surface area contributed by atoms with Gasteiger partial charge in [-0.05, 0) is 63.1 Å². The highest BCUT2D eigenvalue weighted by Gasteiger charge is 2.37. The first-order chi connectivity index (χ1) is 12.0. The molecule has 25 heavy (non-hydrogen) atoms. The highest BCUT2D eigenvalue weighted by molar-refractivity contribution is 6.36. The Kier molecular flexibility index (Phi) is 5.96. The average Bonchev–Trinajstić information content (AvgIpc) is 2.98. The molecule has 2 fully saturated rings. The molecule has 1 saturated heterocycles. The normalized spacial score (nSPS) is 23.9. The minimum atomic E-state index is -0.0218. The number of likely N-dealkylation sites (tertiary alicyclic amines) is 1. The van der Waals surface area contributed by atoms with Crippen LogP contribution in [0.2, 0.25) is 10.0 Å². The molecule has 1 aromatic carbocycles. The maximum absolute atomic E-state index is 12.9. The first-order valence-corrected chi connectivity index (χ1v) is 9.75. The summed E-state index contributed by atoms with van der Waals surface area (Å²) in [5.41, 5.74) is 2.38. The zero-order valence-corrected chi connectivity index (χ0v) is 16.4. The van der Waals surface area contributed by atoms with Crippen LogP contribution in [0.15, 0.2) is 23.8 Å². The SMILES string of the molecule is CC=C1CCC(N2CCC(Cc3c(Cl)cc(OC)cc3Cl)C2=O)CC1. The quantitative estimate of drug-likeness (QED) is 0.663. The molecule has 3 nitrogen and oxygen atoms in total. The molecule has 1 heterocycles. The Morgan fingerprint density at radius 3 is 2.40 bits per heavy atom. The fourth-order valence-corrected chi connectivity index (χ4v) is 4.65. The molecule has 136 valence electrons. The van der Waals surface area contributed by atoms with E-state index in [-0.39, 0.29) is 11.8 Å². The number of carbonyl (C=O) groups excluding carboxylic acids is 1. The van der Waals surface area contributed by atoms with Gasteiger partial charge in [0.1, 0.15) is 5.75 Å². The molecule has 1 amide bonds. The van der Waals surface area contributed by atoms with Gasteiger partial charge in [-0.1, -0.05) is 34.9 Å². The van der Waals surface area contributed by atoms with Gasteiger partial charge in [0, 0.05) is 28.5 Å². The number of amides is 1. The van der Waals surface area contributed by atoms with E-state index in [2.05, 4.69) is 17.9 Å². The summed E-state index contributed by atoms with van der Waals surface area (Å²) in [5, 5.41) is 1.15. The standard InChI is InChI=1S/C20H25Cl2NO2/c1-3-13-4-6-15(7-5-13)23-9-8-14(20(23)24)10-17-18(21)11-16(25-2)12-19(17)22/h3,11-12,14-15H,4-10H2,1-2H3. The molecule has 0 radical (unpaired) electrons. The minimum absolute atomic E-state index is 0.0218. The minimum Gasteiger partial charge on any atom is -0.497 e. The van der Waals surface area contributed by atoms with Gasteiger partial charge in [-0.2, -0.15) is 0 Å². The molecule has 5 heteroatoms. The van der Waals surface area contributed by atoms with Crippen LogP contribution in [0.5, 0.6) is 5.75 Å².